The van der Waals surface area contributed by atoms with Crippen molar-refractivity contribution >= 4 is 108 Å². The number of methoxy groups -OCH3 is 1. The van der Waals surface area contributed by atoms with Crippen LogP contribution < -0.4 is 26.3 Å². The van der Waals surface area contributed by atoms with Crippen LogP contribution in [0.5, 0.6) is 0 Å². The topological polar surface area (TPSA) is 361 Å². The summed E-state index contributed by atoms with van der Waals surface area (Å²) >= 11 is 10.5. The first kappa shape index (κ1) is 58.9. The normalized spacial score (nSPS) is 9.86. The second-order valence-electron chi connectivity index (χ2n) is 14.5. The van der Waals surface area contributed by atoms with Crippen molar-refractivity contribution in [2.24, 2.45) is 0 Å². The summed E-state index contributed by atoms with van der Waals surface area (Å²) in [5, 5.41) is 13.8. The Morgan fingerprint density at radius 3 is 1.38 bits per heavy atom. The minimum Gasteiger partial charge on any atom is -0.465 e. The van der Waals surface area contributed by atoms with Crippen molar-refractivity contribution in [3.63, 3.8) is 0 Å². The van der Waals surface area contributed by atoms with Crippen LogP contribution in [0.4, 0.5) is 38.7 Å². The molecule has 10 aromatic rings. The number of hydrogen-bond acceptors (Lipinski definition) is 30. The molecule has 0 atom stereocenters. The van der Waals surface area contributed by atoms with Gasteiger partial charge >= 0.3 is 5.97 Å². The molecular weight excluding hydrogens is 1090 g/mol. The first-order valence-corrected chi connectivity index (χ1v) is 25.2. The lowest BCUT2D eigenvalue weighted by atomic mass is 10.1. The molecule has 0 saturated carbocycles. The van der Waals surface area contributed by atoms with Gasteiger partial charge in [0.05, 0.1) is 50.6 Å². The Morgan fingerprint density at radius 2 is 1.04 bits per heavy atom. The third kappa shape index (κ3) is 20.0. The number of benzene rings is 2. The fourth-order valence-corrected chi connectivity index (χ4v) is 8.20. The number of amides is 1. The highest BCUT2D eigenvalue weighted by atomic mass is 35.5. The maximum Gasteiger partial charge on any atom is 0.337 e. The predicted molar refractivity (Wildman–Crippen MR) is 291 cm³/mol. The lowest BCUT2D eigenvalue weighted by Crippen LogP contribution is -2.19. The molecule has 8 heterocycles. The number of anilines is 7. The van der Waals surface area contributed by atoms with Gasteiger partial charge < -0.3 is 15.8 Å². The van der Waals surface area contributed by atoms with E-state index < -0.39 is 5.91 Å². The van der Waals surface area contributed by atoms with Crippen molar-refractivity contribution in [3.05, 3.63) is 183 Å². The van der Waals surface area contributed by atoms with Crippen molar-refractivity contribution < 1.29 is 19.5 Å². The average molecular weight is 1140 g/mol. The van der Waals surface area contributed by atoms with E-state index in [4.69, 9.17) is 37.2 Å². The molecule has 0 aliphatic rings. The molecule has 0 spiro atoms. The Morgan fingerprint density at radius 1 is 0.584 bits per heavy atom. The van der Waals surface area contributed by atoms with Gasteiger partial charge in [-0.25, -0.2) is 50.1 Å². The van der Waals surface area contributed by atoms with Gasteiger partial charge in [-0.15, -0.1) is 0 Å². The van der Waals surface area contributed by atoms with Gasteiger partial charge in [-0.2, -0.15) is 17.5 Å². The number of hydroxylamine groups is 1. The molecule has 10 rings (SSSR count). The summed E-state index contributed by atoms with van der Waals surface area (Å²) in [6.45, 7) is 8.36. The maximum absolute atomic E-state index is 11.5. The molecule has 396 valence electrons. The maximum atomic E-state index is 11.5. The van der Waals surface area contributed by atoms with E-state index in [2.05, 4.69) is 82.6 Å². The fourth-order valence-electron chi connectivity index (χ4n) is 5.60. The molecule has 0 bridgehead atoms. The number of nitrogens with two attached hydrogens (primary N) is 1. The Hall–Kier alpha value is -9.01. The molecule has 32 heteroatoms. The molecule has 0 unspecified atom stereocenters. The number of nitrogen functional groups attached to an aromatic ring is 1. The van der Waals surface area contributed by atoms with Gasteiger partial charge in [0, 0.05) is 99.7 Å². The first-order chi connectivity index (χ1) is 37.4. The molecule has 8 aromatic heterocycles. The molecule has 5 N–H and O–H groups in total. The minimum atomic E-state index is -0.549. The van der Waals surface area contributed by atoms with Gasteiger partial charge in [0.25, 0.3) is 5.91 Å². The lowest BCUT2D eigenvalue weighted by Gasteiger charge is -2.20. The number of rotatable bonds is 12. The van der Waals surface area contributed by atoms with Crippen LogP contribution >= 0.6 is 57.7 Å². The van der Waals surface area contributed by atoms with Crippen molar-refractivity contribution in [1.29, 1.82) is 0 Å². The van der Waals surface area contributed by atoms with Gasteiger partial charge in [0.15, 0.2) is 17.5 Å². The lowest BCUT2D eigenvalue weighted by molar-refractivity contribution is 0.0600. The molecule has 0 fully saturated rings. The van der Waals surface area contributed by atoms with Crippen LogP contribution in [-0.4, -0.2) is 101 Å². The third-order valence-corrected chi connectivity index (χ3v) is 12.2. The van der Waals surface area contributed by atoms with Crippen LogP contribution in [-0.2, 0) is 17.8 Å². The zero-order valence-electron chi connectivity index (χ0n) is 41.1. The van der Waals surface area contributed by atoms with Gasteiger partial charge in [-0.05, 0) is 86.2 Å². The largest absolute Gasteiger partial charge is 0.465 e. The predicted octanol–water partition coefficient (Wildman–Crippen LogP) is 7.86. The quantitative estimate of drug-likeness (QED) is 0.0513. The summed E-state index contributed by atoms with van der Waals surface area (Å²) in [6.07, 6.45) is 19.3. The highest BCUT2D eigenvalue weighted by molar-refractivity contribution is 7.10. The number of nitrogens with zero attached hydrogens (tertiary/aromatic N) is 18. The van der Waals surface area contributed by atoms with E-state index in [1.54, 1.807) is 97.9 Å². The van der Waals surface area contributed by atoms with Crippen molar-refractivity contribution in [2.75, 3.05) is 28.0 Å². The minimum absolute atomic E-state index is 0.355. The zero-order chi connectivity index (χ0) is 55.4. The molecule has 27 nitrogen and oxygen atoms in total. The van der Waals surface area contributed by atoms with E-state index in [9.17, 15) is 9.59 Å². The average Bonchev–Trinajstić information content (AvgIpc) is 4.30. The summed E-state index contributed by atoms with van der Waals surface area (Å²) in [6, 6.07) is 14.1. The summed E-state index contributed by atoms with van der Waals surface area (Å²) < 4.78 is 21.5. The second-order valence-corrected chi connectivity index (χ2v) is 18.0. The third-order valence-electron chi connectivity index (χ3n) is 8.93. The van der Waals surface area contributed by atoms with Gasteiger partial charge in [-0.3, -0.25) is 39.7 Å². The van der Waals surface area contributed by atoms with E-state index in [1.165, 1.54) is 59.4 Å². The molecule has 1 amide bonds. The van der Waals surface area contributed by atoms with Crippen LogP contribution in [0.3, 0.4) is 0 Å². The van der Waals surface area contributed by atoms with Gasteiger partial charge in [0.1, 0.15) is 29.1 Å². The highest BCUT2D eigenvalue weighted by Gasteiger charge is 2.18. The first-order valence-electron chi connectivity index (χ1n) is 21.7. The molecule has 0 aliphatic carbocycles. The Labute approximate surface area is 459 Å². The second kappa shape index (κ2) is 31.7. The molecule has 0 radical (unpaired) electrons. The van der Waals surface area contributed by atoms with E-state index in [0.717, 1.165) is 33.0 Å². The number of carbonyl (C=O) groups is 2. The number of esters is 1. The molecule has 77 heavy (non-hydrogen) atoms. The summed E-state index contributed by atoms with van der Waals surface area (Å²) in [7, 11) is 1.36. The number of nitrogens with one attached hydrogen (secondary N) is 2. The van der Waals surface area contributed by atoms with E-state index in [-0.39, 0.29) is 5.97 Å². The van der Waals surface area contributed by atoms with Gasteiger partial charge in [0.2, 0.25) is 19.9 Å². The molecule has 0 saturated heterocycles. The van der Waals surface area contributed by atoms with E-state index in [1.807, 2.05) is 61.8 Å². The summed E-state index contributed by atoms with van der Waals surface area (Å²) in [4.78, 5) is 89.8. The van der Waals surface area contributed by atoms with E-state index >= 15 is 0 Å². The number of aryl methyl sites for hydroxylation is 4. The summed E-state index contributed by atoms with van der Waals surface area (Å²) in [5.74, 6) is 4.49. The van der Waals surface area contributed by atoms with Crippen LogP contribution in [0.15, 0.2) is 123 Å². The number of aromatic nitrogens is 16. The Balaban J connectivity index is 0.000000191. The number of halogens is 1. The SMILES string of the molecule is COC(=O)c1ccc(CN(c2cnccn2)c2nc(C)ns2)cc1.Cc1nsc(Cl)n1.Cc1nsc(N(Cc2ccc(C(=O)NO)cc2)c2cnccn2)n1.Cc1nsc(Nc2cnccn2)n1.Nc1cnccn1.O=O. The Bertz CT molecular complexity index is 3120. The van der Waals surface area contributed by atoms with E-state index in [0.29, 0.717) is 68.7 Å². The zero-order valence-corrected chi connectivity index (χ0v) is 45.1. The van der Waals surface area contributed by atoms with Crippen molar-refractivity contribution in [3.8, 4) is 0 Å². The Kier molecular flexibility index (Phi) is 24.2. The van der Waals surface area contributed by atoms with Crippen LogP contribution in [0.1, 0.15) is 55.1 Å². The van der Waals surface area contributed by atoms with Crippen LogP contribution in [0.25, 0.3) is 0 Å². The van der Waals surface area contributed by atoms with Crippen molar-refractivity contribution in [2.45, 2.75) is 40.8 Å². The standard InChI is InChI=1S/C16H15N5O2S.C15H14N6O2S.C7H7N5S.C4H5N3.C3H3ClN2S.O2/c1-11-19-16(24-20-11)21(14-9-17-7-8-18-14)10-12-3-5-13(6-4-12)15(22)23-2;1-10-18-15(24-20-10)21(13-8-16-6-7-17-13)9-11-2-4-12(5-3-11)14(22)19-23;1-5-10-7(13-12-5)11-6-4-8-2-3-9-6;5-4-3-6-1-2-7-4;1-2-5-3(4)7-6-2;1-2/h3-9H,10H2,1-2H3;2-8,23H,9H2,1H3,(H,19,22);2-4H,1H3,(H,9,10,11,12);1-3H,(H2,5,7);1H3;. The monoisotopic (exact) mass is 1140 g/mol. The fraction of sp³-hybridized carbons (Fsp3) is 0.156. The molecule has 2 aromatic carbocycles. The van der Waals surface area contributed by atoms with Crippen molar-refractivity contribution in [1.82, 2.24) is 82.8 Å². The highest BCUT2D eigenvalue weighted by Crippen LogP contribution is 2.28. The van der Waals surface area contributed by atoms with Gasteiger partial charge in [-0.1, -0.05) is 24.3 Å². The summed E-state index contributed by atoms with van der Waals surface area (Å²) in [5.41, 5.74) is 9.63. The molecule has 0 aliphatic heterocycles. The number of ether oxygens (including phenoxy) is 1. The van der Waals surface area contributed by atoms with Crippen LogP contribution in [0.2, 0.25) is 4.47 Å². The smallest absolute Gasteiger partial charge is 0.337 e. The van der Waals surface area contributed by atoms with Crippen LogP contribution in [0, 0.1) is 37.6 Å². The number of hydrogen-bond donors (Lipinski definition) is 4. The number of carbonyl (C=O) groups excluding carboxylic acids is 2. The molecular formula is C45H44ClN21O6S4.